The molecule has 0 atom stereocenters. The minimum absolute atomic E-state index is 0.212. The van der Waals surface area contributed by atoms with E-state index < -0.39 is 11.9 Å². The lowest BCUT2D eigenvalue weighted by molar-refractivity contribution is 0.0119. The Hall–Kier alpha value is -1.98. The lowest BCUT2D eigenvalue weighted by Crippen LogP contribution is -2.14. The first-order valence-corrected chi connectivity index (χ1v) is 6.22. The van der Waals surface area contributed by atoms with E-state index in [9.17, 15) is 13.6 Å². The van der Waals surface area contributed by atoms with Gasteiger partial charge in [0, 0.05) is 30.4 Å². The van der Waals surface area contributed by atoms with E-state index in [0.717, 1.165) is 13.1 Å². The molecule has 0 bridgehead atoms. The van der Waals surface area contributed by atoms with Crippen LogP contribution in [0.2, 0.25) is 0 Å². The van der Waals surface area contributed by atoms with Crippen LogP contribution in [-0.2, 0) is 4.74 Å². The summed E-state index contributed by atoms with van der Waals surface area (Å²) in [5.41, 5.74) is 1.22. The van der Waals surface area contributed by atoms with Crippen molar-refractivity contribution in [3.05, 3.63) is 29.3 Å². The van der Waals surface area contributed by atoms with Crippen molar-refractivity contribution in [1.82, 2.24) is 0 Å². The number of anilines is 1. The number of benzene rings is 1. The molecule has 0 aliphatic rings. The quantitative estimate of drug-likeness (QED) is 0.458. The predicted octanol–water partition coefficient (Wildman–Crippen LogP) is 3.32. The summed E-state index contributed by atoms with van der Waals surface area (Å²) in [6, 6.07) is 4.89. The molecule has 0 amide bonds. The molecule has 20 heavy (non-hydrogen) atoms. The number of esters is 1. The number of halogens is 2. The summed E-state index contributed by atoms with van der Waals surface area (Å²) in [5.74, 6) is -3.22. The summed E-state index contributed by atoms with van der Waals surface area (Å²) in [6.45, 7) is 1.22. The Kier molecular flexibility index (Phi) is 5.61. The Morgan fingerprint density at radius 3 is 2.75 bits per heavy atom. The van der Waals surface area contributed by atoms with Gasteiger partial charge >= 0.3 is 5.97 Å². The Balaban J connectivity index is 2.75. The number of nitrogens with one attached hydrogen (secondary N) is 2. The third-order valence-corrected chi connectivity index (χ3v) is 2.76. The van der Waals surface area contributed by atoms with Gasteiger partial charge in [0.25, 0.3) is 0 Å². The van der Waals surface area contributed by atoms with E-state index in [4.69, 9.17) is 5.41 Å². The normalized spacial score (nSPS) is 11.0. The van der Waals surface area contributed by atoms with Crippen LogP contribution in [0.3, 0.4) is 0 Å². The zero-order valence-electron chi connectivity index (χ0n) is 11.5. The van der Waals surface area contributed by atoms with Crippen molar-refractivity contribution in [2.75, 3.05) is 19.0 Å². The highest BCUT2D eigenvalue weighted by Crippen LogP contribution is 2.21. The van der Waals surface area contributed by atoms with Crippen molar-refractivity contribution in [3.63, 3.8) is 0 Å². The maximum absolute atomic E-state index is 12.7. The molecule has 1 aromatic rings. The van der Waals surface area contributed by atoms with Crippen LogP contribution in [0, 0.1) is 5.41 Å². The summed E-state index contributed by atoms with van der Waals surface area (Å²) in [5, 5.41) is 10.3. The van der Waals surface area contributed by atoms with Gasteiger partial charge in [-0.2, -0.15) is 0 Å². The Bertz CT molecular complexity index is 485. The molecule has 0 radical (unpaired) electrons. The second-order valence-electron chi connectivity index (χ2n) is 4.50. The highest BCUT2D eigenvalue weighted by atomic mass is 19.3. The Labute approximate surface area is 116 Å². The van der Waals surface area contributed by atoms with Crippen LogP contribution < -0.4 is 5.32 Å². The molecule has 0 heterocycles. The van der Waals surface area contributed by atoms with Crippen LogP contribution in [0.1, 0.15) is 35.7 Å². The number of methoxy groups -OCH3 is 1. The third-order valence-electron chi connectivity index (χ3n) is 2.76. The summed E-state index contributed by atoms with van der Waals surface area (Å²) in [6.07, 6.45) is 1.13. The van der Waals surface area contributed by atoms with Gasteiger partial charge < -0.3 is 15.5 Å². The molecule has 0 spiro atoms. The Morgan fingerprint density at radius 1 is 1.50 bits per heavy atom. The molecule has 6 heteroatoms. The van der Waals surface area contributed by atoms with Crippen molar-refractivity contribution < 1.29 is 18.3 Å². The monoisotopic (exact) mass is 284 g/mol. The number of alkyl halides is 2. The smallest absolute Gasteiger partial charge is 0.338 e. The topological polar surface area (TPSA) is 62.2 Å². The largest absolute Gasteiger partial charge is 0.465 e. The maximum Gasteiger partial charge on any atom is 0.338 e. The highest BCUT2D eigenvalue weighted by Gasteiger charge is 2.20. The van der Waals surface area contributed by atoms with Crippen molar-refractivity contribution in [2.24, 2.45) is 0 Å². The second-order valence-corrected chi connectivity index (χ2v) is 4.50. The fraction of sp³-hybridized carbons (Fsp3) is 0.429. The van der Waals surface area contributed by atoms with Gasteiger partial charge in [-0.25, -0.2) is 13.6 Å². The molecule has 1 aromatic carbocycles. The van der Waals surface area contributed by atoms with E-state index in [1.807, 2.05) is 0 Å². The molecule has 0 aliphatic carbocycles. The molecule has 110 valence electrons. The van der Waals surface area contributed by atoms with E-state index in [2.05, 4.69) is 10.1 Å². The van der Waals surface area contributed by atoms with Crippen LogP contribution >= 0.6 is 0 Å². The summed E-state index contributed by atoms with van der Waals surface area (Å²) < 4.78 is 30.0. The third kappa shape index (κ3) is 4.60. The van der Waals surface area contributed by atoms with Crippen LogP contribution in [0.4, 0.5) is 14.5 Å². The van der Waals surface area contributed by atoms with Crippen molar-refractivity contribution >= 4 is 17.9 Å². The van der Waals surface area contributed by atoms with Crippen molar-refractivity contribution in [2.45, 2.75) is 25.7 Å². The van der Waals surface area contributed by atoms with E-state index in [1.54, 1.807) is 18.2 Å². The number of rotatable bonds is 7. The second kappa shape index (κ2) is 6.98. The van der Waals surface area contributed by atoms with Crippen LogP contribution in [0.5, 0.6) is 0 Å². The molecular weight excluding hydrogens is 266 g/mol. The molecular formula is C14H18F2N2O2. The van der Waals surface area contributed by atoms with Gasteiger partial charge in [0.2, 0.25) is 5.92 Å². The minimum Gasteiger partial charge on any atom is -0.465 e. The highest BCUT2D eigenvalue weighted by molar-refractivity contribution is 6.02. The number of hydrogen-bond acceptors (Lipinski definition) is 4. The van der Waals surface area contributed by atoms with Gasteiger partial charge in [0.1, 0.15) is 0 Å². The SMILES string of the molecule is COC(=O)c1cccc(NCCCC(C)(F)F)c1C=N. The Morgan fingerprint density at radius 2 is 2.20 bits per heavy atom. The molecule has 2 N–H and O–H groups in total. The molecule has 0 unspecified atom stereocenters. The first-order chi connectivity index (χ1) is 9.39. The number of carbonyl (C=O) groups is 1. The molecule has 0 aliphatic heterocycles. The number of carbonyl (C=O) groups excluding carboxylic acids is 1. The van der Waals surface area contributed by atoms with E-state index in [-0.39, 0.29) is 12.0 Å². The average Bonchev–Trinajstić information content (AvgIpc) is 2.41. The summed E-state index contributed by atoms with van der Waals surface area (Å²) in [7, 11) is 1.26. The van der Waals surface area contributed by atoms with Crippen LogP contribution in [0.15, 0.2) is 18.2 Å². The van der Waals surface area contributed by atoms with Crippen molar-refractivity contribution in [1.29, 1.82) is 5.41 Å². The van der Waals surface area contributed by atoms with Crippen LogP contribution in [-0.4, -0.2) is 31.8 Å². The van der Waals surface area contributed by atoms with Gasteiger partial charge in [-0.15, -0.1) is 0 Å². The van der Waals surface area contributed by atoms with E-state index >= 15 is 0 Å². The average molecular weight is 284 g/mol. The minimum atomic E-state index is -2.68. The summed E-state index contributed by atoms with van der Waals surface area (Å²) >= 11 is 0. The molecule has 0 fully saturated rings. The molecule has 0 saturated heterocycles. The van der Waals surface area contributed by atoms with E-state index in [1.165, 1.54) is 7.11 Å². The van der Waals surface area contributed by atoms with Gasteiger partial charge in [-0.1, -0.05) is 6.07 Å². The molecule has 1 rings (SSSR count). The van der Waals surface area contributed by atoms with Gasteiger partial charge in [0.05, 0.1) is 12.7 Å². The lowest BCUT2D eigenvalue weighted by Gasteiger charge is -2.13. The molecule has 4 nitrogen and oxygen atoms in total. The fourth-order valence-electron chi connectivity index (χ4n) is 1.78. The van der Waals surface area contributed by atoms with Gasteiger partial charge in [-0.05, 0) is 25.5 Å². The van der Waals surface area contributed by atoms with Gasteiger partial charge in [-0.3, -0.25) is 0 Å². The maximum atomic E-state index is 12.7. The van der Waals surface area contributed by atoms with Crippen LogP contribution in [0.25, 0.3) is 0 Å². The number of hydrogen-bond donors (Lipinski definition) is 2. The number of ether oxygens (including phenoxy) is 1. The lowest BCUT2D eigenvalue weighted by atomic mass is 10.1. The zero-order valence-corrected chi connectivity index (χ0v) is 11.5. The first-order valence-electron chi connectivity index (χ1n) is 6.22. The zero-order chi connectivity index (χ0) is 15.2. The molecule has 0 saturated carbocycles. The fourth-order valence-corrected chi connectivity index (χ4v) is 1.78. The first kappa shape index (κ1) is 16.1. The predicted molar refractivity (Wildman–Crippen MR) is 74.0 cm³/mol. The molecule has 0 aromatic heterocycles. The summed E-state index contributed by atoms with van der Waals surface area (Å²) in [4.78, 5) is 11.6. The van der Waals surface area contributed by atoms with Crippen molar-refractivity contribution in [3.8, 4) is 0 Å². The standard InChI is InChI=1S/C14H18F2N2O2/c1-14(15,16)7-4-8-18-12-6-3-5-10(11(12)9-17)13(19)20-2/h3,5-6,9,17-18H,4,7-8H2,1-2H3. The van der Waals surface area contributed by atoms with E-state index in [0.29, 0.717) is 24.2 Å². The van der Waals surface area contributed by atoms with Gasteiger partial charge in [0.15, 0.2) is 0 Å².